The highest BCUT2D eigenvalue weighted by Gasteiger charge is 2.28. The first kappa shape index (κ1) is 29.7. The van der Waals surface area contributed by atoms with Crippen LogP contribution in [0.2, 0.25) is 0 Å². The number of ether oxygens (including phenoxy) is 4. The summed E-state index contributed by atoms with van der Waals surface area (Å²) in [4.78, 5) is 3.70. The third-order valence-electron chi connectivity index (χ3n) is 4.50. The number of hydrogen-bond acceptors (Lipinski definition) is 7. The zero-order chi connectivity index (χ0) is 26.6. The fourth-order valence-electron chi connectivity index (χ4n) is 3.19. The van der Waals surface area contributed by atoms with Crippen LogP contribution in [-0.4, -0.2) is 45.0 Å². The average Bonchev–Trinajstić information content (AvgIpc) is 2.81. The Hall–Kier alpha value is -2.56. The molecule has 7 nitrogen and oxygen atoms in total. The molecular formula is C27H34O7S2. The van der Waals surface area contributed by atoms with Crippen molar-refractivity contribution in [3.63, 3.8) is 0 Å². The van der Waals surface area contributed by atoms with Gasteiger partial charge < -0.3 is 23.5 Å². The highest BCUT2D eigenvalue weighted by molar-refractivity contribution is 7.97. The molecule has 0 aromatic heterocycles. The molecule has 2 atom stereocenters. The second-order valence-corrected chi connectivity index (χ2v) is 11.0. The van der Waals surface area contributed by atoms with Crippen LogP contribution in [0.3, 0.4) is 0 Å². The monoisotopic (exact) mass is 534 g/mol. The lowest BCUT2D eigenvalue weighted by Crippen LogP contribution is -2.16. The molecule has 0 radical (unpaired) electrons. The predicted molar refractivity (Wildman–Crippen MR) is 141 cm³/mol. The molecule has 36 heavy (non-hydrogen) atoms. The van der Waals surface area contributed by atoms with Gasteiger partial charge in [-0.05, 0) is 88.4 Å². The molecule has 196 valence electrons. The van der Waals surface area contributed by atoms with Crippen molar-refractivity contribution in [2.75, 3.05) is 19.5 Å². The van der Waals surface area contributed by atoms with Crippen LogP contribution in [0.5, 0.6) is 11.5 Å². The van der Waals surface area contributed by atoms with E-state index in [4.69, 9.17) is 31.9 Å². The largest absolute Gasteiger partial charge is 0.748 e. The van der Waals surface area contributed by atoms with Gasteiger partial charge in [-0.3, -0.25) is 0 Å². The van der Waals surface area contributed by atoms with E-state index in [9.17, 15) is 0 Å². The Labute approximate surface area is 217 Å². The molecule has 0 aliphatic carbocycles. The topological polar surface area (TPSA) is 94.1 Å². The van der Waals surface area contributed by atoms with Crippen molar-refractivity contribution < 1.29 is 31.9 Å². The molecule has 0 fully saturated rings. The predicted octanol–water partition coefficient (Wildman–Crippen LogP) is 5.47. The van der Waals surface area contributed by atoms with Crippen LogP contribution in [0.4, 0.5) is 0 Å². The smallest absolute Gasteiger partial charge is 0.196 e. The summed E-state index contributed by atoms with van der Waals surface area (Å²) in [5.74, 6) is 1.60. The van der Waals surface area contributed by atoms with E-state index in [1.165, 1.54) is 14.7 Å². The molecule has 0 aliphatic heterocycles. The van der Waals surface area contributed by atoms with Crippen LogP contribution < -0.4 is 9.47 Å². The standard InChI is InChI=1S/C26H31O4S.CH4O3S/c1-5-27-20(3)29-22-12-16-25(17-13-22)31(24-10-8-7-9-11-24)26-18-14-23(15-19-26)30-21(4)28-6-2;1-5(2,3)4/h7-21H,5-6H2,1-4H3;1H3,(H,2,3,4)/q+1;/p-1. The quantitative estimate of drug-likeness (QED) is 0.183. The van der Waals surface area contributed by atoms with Crippen LogP contribution in [-0.2, 0) is 30.5 Å². The Morgan fingerprint density at radius 2 is 1.03 bits per heavy atom. The fraction of sp³-hybridized carbons (Fsp3) is 0.333. The van der Waals surface area contributed by atoms with Gasteiger partial charge >= 0.3 is 0 Å². The first-order chi connectivity index (χ1) is 17.1. The Morgan fingerprint density at radius 3 is 1.36 bits per heavy atom. The zero-order valence-electron chi connectivity index (χ0n) is 21.2. The maximum Gasteiger partial charge on any atom is 0.196 e. The van der Waals surface area contributed by atoms with Gasteiger partial charge in [0.2, 0.25) is 0 Å². The van der Waals surface area contributed by atoms with Crippen molar-refractivity contribution in [2.24, 2.45) is 0 Å². The van der Waals surface area contributed by atoms with Crippen LogP contribution in [0.25, 0.3) is 0 Å². The molecule has 0 aliphatic rings. The van der Waals surface area contributed by atoms with Crippen LogP contribution in [0.1, 0.15) is 27.7 Å². The van der Waals surface area contributed by atoms with Gasteiger partial charge in [-0.1, -0.05) is 18.2 Å². The minimum atomic E-state index is -3.92. The highest BCUT2D eigenvalue weighted by Crippen LogP contribution is 2.33. The number of hydrogen-bond donors (Lipinski definition) is 0. The molecular weight excluding hydrogens is 500 g/mol. The molecule has 2 unspecified atom stereocenters. The molecule has 0 saturated heterocycles. The second kappa shape index (κ2) is 14.9. The lowest BCUT2D eigenvalue weighted by molar-refractivity contribution is -0.0616. The van der Waals surface area contributed by atoms with Gasteiger partial charge in [-0.15, -0.1) is 0 Å². The van der Waals surface area contributed by atoms with E-state index >= 15 is 0 Å². The Balaban J connectivity index is 0.000000830. The first-order valence-corrected chi connectivity index (χ1v) is 14.6. The Morgan fingerprint density at radius 1 is 0.694 bits per heavy atom. The third-order valence-corrected chi connectivity index (χ3v) is 6.74. The summed E-state index contributed by atoms with van der Waals surface area (Å²) in [6, 6.07) is 27.1. The molecule has 0 spiro atoms. The van der Waals surface area contributed by atoms with Gasteiger partial charge in [0.1, 0.15) is 11.5 Å². The summed E-state index contributed by atoms with van der Waals surface area (Å²) in [6.45, 7) is 8.98. The minimum Gasteiger partial charge on any atom is -0.748 e. The van der Waals surface area contributed by atoms with Crippen molar-refractivity contribution >= 4 is 21.0 Å². The van der Waals surface area contributed by atoms with Crippen LogP contribution in [0.15, 0.2) is 93.5 Å². The van der Waals surface area contributed by atoms with Crippen molar-refractivity contribution in [3.8, 4) is 11.5 Å². The summed E-state index contributed by atoms with van der Waals surface area (Å²) in [7, 11) is -4.15. The van der Waals surface area contributed by atoms with Crippen LogP contribution in [0, 0.1) is 0 Å². The van der Waals surface area contributed by atoms with E-state index in [1.54, 1.807) is 0 Å². The lowest BCUT2D eigenvalue weighted by Gasteiger charge is -2.15. The van der Waals surface area contributed by atoms with Crippen molar-refractivity contribution in [1.82, 2.24) is 0 Å². The maximum atomic E-state index is 9.08. The van der Waals surface area contributed by atoms with Gasteiger partial charge in [-0.2, -0.15) is 0 Å². The van der Waals surface area contributed by atoms with Gasteiger partial charge in [0.25, 0.3) is 0 Å². The second-order valence-electron chi connectivity index (χ2n) is 7.55. The van der Waals surface area contributed by atoms with E-state index in [1.807, 2.05) is 58.0 Å². The van der Waals surface area contributed by atoms with Crippen LogP contribution >= 0.6 is 0 Å². The minimum absolute atomic E-state index is 0.237. The van der Waals surface area contributed by atoms with E-state index in [-0.39, 0.29) is 23.5 Å². The molecule has 0 bridgehead atoms. The molecule has 0 amide bonds. The van der Waals surface area contributed by atoms with Gasteiger partial charge in [0.15, 0.2) is 27.3 Å². The highest BCUT2D eigenvalue weighted by atomic mass is 32.2. The summed E-state index contributed by atoms with van der Waals surface area (Å²) in [6.07, 6.45) is 0.0668. The van der Waals surface area contributed by atoms with Gasteiger partial charge in [0, 0.05) is 19.5 Å². The van der Waals surface area contributed by atoms with Gasteiger partial charge in [0.05, 0.1) is 21.0 Å². The SMILES string of the molecule is CCOC(C)Oc1ccc([S+](c2ccccc2)c2ccc(OC(C)OCC)cc2)cc1.CS(=O)(=O)[O-]. The third kappa shape index (κ3) is 11.0. The molecule has 0 heterocycles. The van der Waals surface area contributed by atoms with Crippen molar-refractivity contribution in [3.05, 3.63) is 78.9 Å². The number of rotatable bonds is 11. The molecule has 3 aromatic rings. The molecule has 3 rings (SSSR count). The molecule has 0 saturated carbocycles. The fourth-order valence-corrected chi connectivity index (χ4v) is 5.26. The zero-order valence-corrected chi connectivity index (χ0v) is 22.9. The van der Waals surface area contributed by atoms with Gasteiger partial charge in [-0.25, -0.2) is 8.42 Å². The van der Waals surface area contributed by atoms with E-state index < -0.39 is 10.1 Å². The first-order valence-electron chi connectivity index (χ1n) is 11.6. The van der Waals surface area contributed by atoms with Crippen molar-refractivity contribution in [1.29, 1.82) is 0 Å². The summed E-state index contributed by atoms with van der Waals surface area (Å²) in [5, 5.41) is 0. The van der Waals surface area contributed by atoms with E-state index in [2.05, 4.69) is 48.5 Å². The Bertz CT molecular complexity index is 1050. The summed E-state index contributed by atoms with van der Waals surface area (Å²) in [5.41, 5.74) is 0. The lowest BCUT2D eigenvalue weighted by atomic mass is 10.3. The molecule has 3 aromatic carbocycles. The number of benzene rings is 3. The van der Waals surface area contributed by atoms with Crippen molar-refractivity contribution in [2.45, 2.75) is 55.0 Å². The normalized spacial score (nSPS) is 13.6. The Kier molecular flexibility index (Phi) is 12.3. The maximum absolute atomic E-state index is 9.08. The molecule has 9 heteroatoms. The van der Waals surface area contributed by atoms with E-state index in [0.717, 1.165) is 11.5 Å². The summed E-state index contributed by atoms with van der Waals surface area (Å²) < 4.78 is 49.8. The van der Waals surface area contributed by atoms with E-state index in [0.29, 0.717) is 19.5 Å². The molecule has 0 N–H and O–H groups in total. The average molecular weight is 535 g/mol. The summed E-state index contributed by atoms with van der Waals surface area (Å²) >= 11 is 0.